The van der Waals surface area contributed by atoms with Crippen molar-refractivity contribution in [3.63, 3.8) is 0 Å². The molecule has 5 rings (SSSR count). The zero-order valence-electron chi connectivity index (χ0n) is 32.2. The predicted molar refractivity (Wildman–Crippen MR) is 227 cm³/mol. The molecule has 1 amide bonds. The number of nitrogens with one attached hydrogen (secondary N) is 1. The molecule has 0 fully saturated rings. The summed E-state index contributed by atoms with van der Waals surface area (Å²) in [5, 5.41) is 20.5. The van der Waals surface area contributed by atoms with E-state index in [1.165, 1.54) is 42.5 Å². The molecular weight excluding hydrogens is 991 g/mol. The highest BCUT2D eigenvalue weighted by molar-refractivity contribution is 7.91. The average molecular weight is 1020 g/mol. The lowest BCUT2D eigenvalue weighted by atomic mass is 10.0. The van der Waals surface area contributed by atoms with Gasteiger partial charge in [-0.1, -0.05) is 18.2 Å². The van der Waals surface area contributed by atoms with E-state index in [2.05, 4.69) is 28.9 Å². The van der Waals surface area contributed by atoms with Gasteiger partial charge in [0.1, 0.15) is 21.2 Å². The van der Waals surface area contributed by atoms with Crippen LogP contribution < -0.4 is 11.1 Å². The van der Waals surface area contributed by atoms with Gasteiger partial charge in [-0.3, -0.25) is 28.0 Å². The number of nitrogen functional groups attached to an aromatic ring is 1. The minimum Gasteiger partial charge on any atom is -0.505 e. The van der Waals surface area contributed by atoms with Crippen LogP contribution in [0.2, 0.25) is 0 Å². The Kier molecular flexibility index (Phi) is 14.6. The molecular formula is C34H31N5O20S6. The molecule has 0 saturated heterocycles. The Morgan fingerprint density at radius 1 is 0.646 bits per heavy atom. The Hall–Kier alpha value is -5.84. The topological polar surface area (TPSA) is 417 Å². The van der Waals surface area contributed by atoms with E-state index in [0.717, 1.165) is 36.5 Å². The third-order valence-electron chi connectivity index (χ3n) is 8.47. The molecule has 31 heteroatoms. The number of hydrogen-bond acceptors (Lipinski definition) is 20. The van der Waals surface area contributed by atoms with Crippen molar-refractivity contribution in [1.82, 2.24) is 0 Å². The molecule has 8 N–H and O–H groups in total. The first-order chi connectivity index (χ1) is 29.9. The number of sulfone groups is 2. The summed E-state index contributed by atoms with van der Waals surface area (Å²) in [6, 6.07) is 15.6. The van der Waals surface area contributed by atoms with Crippen LogP contribution >= 0.6 is 0 Å². The number of fused-ring (bicyclic) bond motifs is 1. The van der Waals surface area contributed by atoms with Gasteiger partial charge in [0.15, 0.2) is 25.4 Å². The van der Waals surface area contributed by atoms with Crippen molar-refractivity contribution < 1.29 is 87.0 Å². The Bertz CT molecular complexity index is 3460. The first kappa shape index (κ1) is 50.2. The zero-order valence-corrected chi connectivity index (χ0v) is 37.1. The predicted octanol–water partition coefficient (Wildman–Crippen LogP) is 3.23. The standard InChI is InChI=1S/C34H31N5O20S6/c35-30-29-22(16-27(62(46,47)48)31(30)39-38-23-8-10-25(11-9-23)60(42,43)14-12-58-64(52,53)54)17-28(63(49,50)51)32(33(29)40)36-19-20-4-6-21(7-5-20)34(41)37-24-2-1-3-26(18-24)61(44,45)15-13-59-65(55,56)57/h1-11,16-19,40H,12-15,35H2,(H,37,41)(H,46,47,48)(H,49,50,51)(H,52,53,54)(H,55,56,57). The molecule has 0 atom stereocenters. The molecule has 0 bridgehead atoms. The fourth-order valence-electron chi connectivity index (χ4n) is 5.52. The van der Waals surface area contributed by atoms with Crippen LogP contribution in [0.3, 0.4) is 0 Å². The number of hydrogen-bond donors (Lipinski definition) is 7. The number of carbonyl (C=O) groups is 1. The minimum absolute atomic E-state index is 0.0121. The maximum Gasteiger partial charge on any atom is 0.397 e. The minimum atomic E-state index is -5.25. The van der Waals surface area contributed by atoms with E-state index in [1.54, 1.807) is 0 Å². The zero-order chi connectivity index (χ0) is 48.3. The molecule has 0 saturated carbocycles. The number of benzene rings is 5. The van der Waals surface area contributed by atoms with Crippen LogP contribution in [0, 0.1) is 0 Å². The summed E-state index contributed by atoms with van der Waals surface area (Å²) in [6.45, 7) is -1.79. The van der Waals surface area contributed by atoms with Crippen molar-refractivity contribution in [3.05, 3.63) is 96.1 Å². The van der Waals surface area contributed by atoms with Crippen molar-refractivity contribution in [1.29, 1.82) is 0 Å². The largest absolute Gasteiger partial charge is 0.505 e. The number of anilines is 2. The van der Waals surface area contributed by atoms with Crippen LogP contribution in [0.25, 0.3) is 10.8 Å². The van der Waals surface area contributed by atoms with E-state index in [1.807, 2.05) is 0 Å². The fraction of sp³-hybridized carbons (Fsp3) is 0.118. The van der Waals surface area contributed by atoms with Crippen LogP contribution in [0.1, 0.15) is 15.9 Å². The number of phenols is 1. The molecule has 348 valence electrons. The van der Waals surface area contributed by atoms with Crippen LogP contribution in [-0.2, 0) is 69.1 Å². The van der Waals surface area contributed by atoms with Gasteiger partial charge in [-0.05, 0) is 77.7 Å². The molecule has 0 aliphatic heterocycles. The highest BCUT2D eigenvalue weighted by Gasteiger charge is 2.28. The number of nitrogens with zero attached hydrogens (tertiary/aromatic N) is 3. The summed E-state index contributed by atoms with van der Waals surface area (Å²) < 4.78 is 189. The van der Waals surface area contributed by atoms with E-state index in [4.69, 9.17) is 14.8 Å². The maximum atomic E-state index is 13.0. The molecule has 0 unspecified atom stereocenters. The highest BCUT2D eigenvalue weighted by atomic mass is 32.3. The Morgan fingerprint density at radius 3 is 1.69 bits per heavy atom. The van der Waals surface area contributed by atoms with Crippen LogP contribution in [0.4, 0.5) is 28.4 Å². The first-order valence-corrected chi connectivity index (χ1v) is 26.2. The monoisotopic (exact) mass is 1020 g/mol. The molecule has 65 heavy (non-hydrogen) atoms. The summed E-state index contributed by atoms with van der Waals surface area (Å²) in [5.41, 5.74) is 3.96. The van der Waals surface area contributed by atoms with Crippen molar-refractivity contribution in [2.24, 2.45) is 15.2 Å². The number of aliphatic imine (C=N–C) groups is 1. The van der Waals surface area contributed by atoms with Crippen LogP contribution in [0.15, 0.2) is 120 Å². The Labute approximate surface area is 369 Å². The van der Waals surface area contributed by atoms with E-state index in [0.29, 0.717) is 12.1 Å². The number of rotatable bonds is 18. The number of nitrogens with two attached hydrogens (primary N) is 1. The number of azo groups is 1. The summed E-state index contributed by atoms with van der Waals surface area (Å²) >= 11 is 0. The van der Waals surface area contributed by atoms with Gasteiger partial charge in [-0.2, -0.15) is 38.8 Å². The van der Waals surface area contributed by atoms with E-state index in [9.17, 15) is 69.5 Å². The van der Waals surface area contributed by atoms with E-state index < -0.39 is 135 Å². The molecule has 0 aliphatic carbocycles. The summed E-state index contributed by atoms with van der Waals surface area (Å²) in [5.74, 6) is -3.46. The lowest BCUT2D eigenvalue weighted by Crippen LogP contribution is -2.16. The molecule has 25 nitrogen and oxygen atoms in total. The van der Waals surface area contributed by atoms with Gasteiger partial charge in [0, 0.05) is 17.5 Å². The third kappa shape index (κ3) is 13.1. The van der Waals surface area contributed by atoms with Gasteiger partial charge in [-0.25, -0.2) is 25.2 Å². The first-order valence-electron chi connectivity index (χ1n) is 17.3. The Balaban J connectivity index is 1.44. The molecule has 0 spiro atoms. The van der Waals surface area contributed by atoms with Gasteiger partial charge >= 0.3 is 20.8 Å². The molecule has 5 aromatic rings. The van der Waals surface area contributed by atoms with Crippen molar-refractivity contribution in [3.8, 4) is 5.75 Å². The lowest BCUT2D eigenvalue weighted by Gasteiger charge is -2.14. The summed E-state index contributed by atoms with van der Waals surface area (Å²) in [6.07, 6.45) is 0.992. The van der Waals surface area contributed by atoms with Crippen molar-refractivity contribution >= 4 is 112 Å². The van der Waals surface area contributed by atoms with Gasteiger partial charge in [0.25, 0.3) is 26.1 Å². The highest BCUT2D eigenvalue weighted by Crippen LogP contribution is 2.48. The molecule has 0 aromatic heterocycles. The maximum absolute atomic E-state index is 13.0. The fourth-order valence-corrected chi connectivity index (χ4v) is 9.88. The van der Waals surface area contributed by atoms with Gasteiger partial charge in [0.05, 0.1) is 51.3 Å². The van der Waals surface area contributed by atoms with E-state index >= 15 is 0 Å². The second-order valence-electron chi connectivity index (χ2n) is 13.0. The molecule has 0 heterocycles. The number of aromatic hydroxyl groups is 1. The van der Waals surface area contributed by atoms with Crippen LogP contribution in [-0.4, -0.2) is 111 Å². The average Bonchev–Trinajstić information content (AvgIpc) is 3.18. The number of phenolic OH excluding ortho intramolecular Hbond substituents is 1. The molecule has 0 radical (unpaired) electrons. The van der Waals surface area contributed by atoms with Gasteiger partial charge < -0.3 is 16.2 Å². The van der Waals surface area contributed by atoms with Gasteiger partial charge in [-0.15, -0.1) is 5.11 Å². The summed E-state index contributed by atoms with van der Waals surface area (Å²) in [4.78, 5) is 14.2. The van der Waals surface area contributed by atoms with Crippen LogP contribution in [0.5, 0.6) is 5.75 Å². The van der Waals surface area contributed by atoms with Crippen molar-refractivity contribution in [2.75, 3.05) is 35.8 Å². The third-order valence-corrected chi connectivity index (χ3v) is 14.5. The van der Waals surface area contributed by atoms with Gasteiger partial charge in [0.2, 0.25) is 0 Å². The second kappa shape index (κ2) is 18.9. The molecule has 0 aliphatic rings. The lowest BCUT2D eigenvalue weighted by molar-refractivity contribution is 0.102. The Morgan fingerprint density at radius 2 is 1.17 bits per heavy atom. The number of carbonyl (C=O) groups excluding carboxylic acids is 1. The smallest absolute Gasteiger partial charge is 0.397 e. The van der Waals surface area contributed by atoms with E-state index in [-0.39, 0.29) is 32.3 Å². The molecule has 5 aromatic carbocycles. The number of amides is 1. The van der Waals surface area contributed by atoms with Crippen molar-refractivity contribution in [2.45, 2.75) is 19.6 Å². The quantitative estimate of drug-likeness (QED) is 0.0287. The normalized spacial score (nSPS) is 13.2. The SMILES string of the molecule is Nc1c(N=Nc2ccc(S(=O)(=O)CCOS(=O)(=O)O)cc2)c(S(=O)(=O)O)cc2cc(S(=O)(=O)O)c(N=Cc3ccc(C(=O)Nc4cccc(S(=O)(=O)CCOS(=O)(=O)O)c4)cc3)c(O)c12. The second-order valence-corrected chi connectivity index (χ2v) is 22.1. The summed E-state index contributed by atoms with van der Waals surface area (Å²) in [7, 11) is -28.6.